The molecule has 0 bridgehead atoms. The van der Waals surface area contributed by atoms with E-state index in [2.05, 4.69) is 0 Å². The zero-order valence-electron chi connectivity index (χ0n) is 9.63. The quantitative estimate of drug-likeness (QED) is 0.749. The van der Waals surface area contributed by atoms with Crippen LogP contribution in [0.15, 0.2) is 0 Å². The molecule has 1 unspecified atom stereocenters. The van der Waals surface area contributed by atoms with Crippen LogP contribution in [0, 0.1) is 11.3 Å². The average molecular weight is 200 g/mol. The fourth-order valence-electron chi connectivity index (χ4n) is 0.967. The molecule has 0 amide bonds. The summed E-state index contributed by atoms with van der Waals surface area (Å²) in [5, 5.41) is 9.45. The average Bonchev–Trinajstić information content (AvgIpc) is 2.00. The van der Waals surface area contributed by atoms with Crippen LogP contribution in [0.3, 0.4) is 0 Å². The highest BCUT2D eigenvalue weighted by Crippen LogP contribution is 2.18. The molecule has 82 valence electrons. The van der Waals surface area contributed by atoms with Crippen molar-refractivity contribution in [1.82, 2.24) is 0 Å². The predicted molar refractivity (Wildman–Crippen MR) is 54.9 cm³/mol. The third kappa shape index (κ3) is 4.01. The minimum atomic E-state index is -1.14. The van der Waals surface area contributed by atoms with Crippen molar-refractivity contribution in [1.29, 1.82) is 0 Å². The second kappa shape index (κ2) is 4.69. The first-order chi connectivity index (χ1) is 6.16. The van der Waals surface area contributed by atoms with Crippen LogP contribution in [-0.2, 0) is 9.59 Å². The van der Waals surface area contributed by atoms with Crippen molar-refractivity contribution in [3.63, 3.8) is 0 Å². The smallest absolute Gasteiger partial charge is 0.164 e. The van der Waals surface area contributed by atoms with Crippen LogP contribution in [0.4, 0.5) is 0 Å². The second-order valence-electron chi connectivity index (χ2n) is 4.95. The van der Waals surface area contributed by atoms with Crippen LogP contribution < -0.4 is 0 Å². The fraction of sp³-hybridized carbons (Fsp3) is 0.818. The molecule has 0 saturated carbocycles. The zero-order valence-corrected chi connectivity index (χ0v) is 9.63. The van der Waals surface area contributed by atoms with Crippen LogP contribution >= 0.6 is 0 Å². The normalized spacial score (nSPS) is 14.2. The van der Waals surface area contributed by atoms with Crippen molar-refractivity contribution in [3.8, 4) is 0 Å². The molecule has 0 radical (unpaired) electrons. The van der Waals surface area contributed by atoms with E-state index in [0.717, 1.165) is 0 Å². The highest BCUT2D eigenvalue weighted by Gasteiger charge is 2.27. The van der Waals surface area contributed by atoms with E-state index in [0.29, 0.717) is 0 Å². The molecule has 0 heterocycles. The maximum absolute atomic E-state index is 11.5. The lowest BCUT2D eigenvalue weighted by molar-refractivity contribution is -0.137. The minimum absolute atomic E-state index is 0.0689. The lowest BCUT2D eigenvalue weighted by Gasteiger charge is -2.19. The molecule has 0 aromatic carbocycles. The van der Waals surface area contributed by atoms with Crippen molar-refractivity contribution < 1.29 is 14.7 Å². The largest absolute Gasteiger partial charge is 0.385 e. The maximum Gasteiger partial charge on any atom is 0.164 e. The molecular weight excluding hydrogens is 180 g/mol. The first kappa shape index (κ1) is 13.3. The van der Waals surface area contributed by atoms with E-state index in [1.807, 2.05) is 0 Å². The summed E-state index contributed by atoms with van der Waals surface area (Å²) in [6, 6.07) is 0. The Bertz CT molecular complexity index is 223. The summed E-state index contributed by atoms with van der Waals surface area (Å²) in [5.41, 5.74) is -0.488. The third-order valence-corrected chi connectivity index (χ3v) is 2.11. The SMILES string of the molecule is CC(C)C(=O)C(O)CC(=O)C(C)(C)C. The molecule has 0 aromatic heterocycles. The topological polar surface area (TPSA) is 54.4 Å². The van der Waals surface area contributed by atoms with Gasteiger partial charge in [-0.25, -0.2) is 0 Å². The Morgan fingerprint density at radius 3 is 1.93 bits per heavy atom. The fourth-order valence-corrected chi connectivity index (χ4v) is 0.967. The Labute approximate surface area is 85.5 Å². The molecule has 1 N–H and O–H groups in total. The zero-order chi connectivity index (χ0) is 11.5. The maximum atomic E-state index is 11.5. The summed E-state index contributed by atoms with van der Waals surface area (Å²) < 4.78 is 0. The summed E-state index contributed by atoms with van der Waals surface area (Å²) in [6.45, 7) is 8.77. The van der Waals surface area contributed by atoms with Crippen LogP contribution in [0.1, 0.15) is 41.0 Å². The molecule has 0 aliphatic rings. The van der Waals surface area contributed by atoms with Crippen molar-refractivity contribution in [2.45, 2.75) is 47.1 Å². The van der Waals surface area contributed by atoms with Gasteiger partial charge in [0.2, 0.25) is 0 Å². The van der Waals surface area contributed by atoms with E-state index in [1.54, 1.807) is 34.6 Å². The van der Waals surface area contributed by atoms with E-state index in [4.69, 9.17) is 0 Å². The van der Waals surface area contributed by atoms with Crippen molar-refractivity contribution >= 4 is 11.6 Å². The molecular formula is C11H20O3. The predicted octanol–water partition coefficient (Wildman–Crippen LogP) is 1.58. The summed E-state index contributed by atoms with van der Waals surface area (Å²) in [7, 11) is 0. The Hall–Kier alpha value is -0.700. The minimum Gasteiger partial charge on any atom is -0.385 e. The van der Waals surface area contributed by atoms with Crippen LogP contribution in [0.2, 0.25) is 0 Å². The van der Waals surface area contributed by atoms with Crippen molar-refractivity contribution in [2.75, 3.05) is 0 Å². The molecule has 0 aliphatic carbocycles. The highest BCUT2D eigenvalue weighted by atomic mass is 16.3. The van der Waals surface area contributed by atoms with Gasteiger partial charge in [0.05, 0.1) is 0 Å². The molecule has 0 spiro atoms. The summed E-state index contributed by atoms with van der Waals surface area (Å²) in [6.07, 6.45) is -1.21. The van der Waals surface area contributed by atoms with Gasteiger partial charge in [0.1, 0.15) is 11.9 Å². The molecule has 14 heavy (non-hydrogen) atoms. The summed E-state index contributed by atoms with van der Waals surface area (Å²) in [5.74, 6) is -0.570. The van der Waals surface area contributed by atoms with Gasteiger partial charge in [-0.15, -0.1) is 0 Å². The standard InChI is InChI=1S/C11H20O3/c1-7(2)10(14)8(12)6-9(13)11(3,4)5/h7-8,12H,6H2,1-5H3. The molecule has 0 rings (SSSR count). The first-order valence-electron chi connectivity index (χ1n) is 4.91. The van der Waals surface area contributed by atoms with Crippen LogP contribution in [-0.4, -0.2) is 22.8 Å². The van der Waals surface area contributed by atoms with Crippen LogP contribution in [0.5, 0.6) is 0 Å². The number of carbonyl (C=O) groups excluding carboxylic acids is 2. The lowest BCUT2D eigenvalue weighted by atomic mass is 9.86. The molecule has 3 nitrogen and oxygen atoms in total. The van der Waals surface area contributed by atoms with E-state index in [1.165, 1.54) is 0 Å². The van der Waals surface area contributed by atoms with Crippen molar-refractivity contribution in [2.24, 2.45) is 11.3 Å². The van der Waals surface area contributed by atoms with Gasteiger partial charge >= 0.3 is 0 Å². The van der Waals surface area contributed by atoms with E-state index < -0.39 is 11.5 Å². The van der Waals surface area contributed by atoms with Gasteiger partial charge in [-0.05, 0) is 0 Å². The van der Waals surface area contributed by atoms with Crippen LogP contribution in [0.25, 0.3) is 0 Å². The highest BCUT2D eigenvalue weighted by molar-refractivity contribution is 5.92. The Balaban J connectivity index is 4.27. The van der Waals surface area contributed by atoms with E-state index >= 15 is 0 Å². The summed E-state index contributed by atoms with van der Waals surface area (Å²) in [4.78, 5) is 22.8. The Kier molecular flexibility index (Phi) is 4.46. The number of aliphatic hydroxyl groups excluding tert-OH is 1. The van der Waals surface area contributed by atoms with Gasteiger partial charge in [-0.2, -0.15) is 0 Å². The summed E-state index contributed by atoms with van der Waals surface area (Å²) >= 11 is 0. The number of ketones is 2. The number of aliphatic hydroxyl groups is 1. The van der Waals surface area contributed by atoms with E-state index in [9.17, 15) is 14.7 Å². The first-order valence-corrected chi connectivity index (χ1v) is 4.91. The number of carbonyl (C=O) groups is 2. The number of hydrogen-bond acceptors (Lipinski definition) is 3. The lowest BCUT2D eigenvalue weighted by Crippen LogP contribution is -2.32. The molecule has 0 aliphatic heterocycles. The second-order valence-corrected chi connectivity index (χ2v) is 4.95. The Morgan fingerprint density at radius 2 is 1.64 bits per heavy atom. The van der Waals surface area contributed by atoms with Gasteiger partial charge in [0.25, 0.3) is 0 Å². The van der Waals surface area contributed by atoms with Gasteiger partial charge in [-0.3, -0.25) is 9.59 Å². The molecule has 0 aromatic rings. The third-order valence-electron chi connectivity index (χ3n) is 2.11. The number of Topliss-reactive ketones (excluding diaryl/α,β-unsaturated/α-hetero) is 2. The molecule has 1 atom stereocenters. The van der Waals surface area contributed by atoms with Gasteiger partial charge in [0.15, 0.2) is 5.78 Å². The monoisotopic (exact) mass is 200 g/mol. The Morgan fingerprint density at radius 1 is 1.21 bits per heavy atom. The molecule has 0 saturated heterocycles. The van der Waals surface area contributed by atoms with Gasteiger partial charge < -0.3 is 5.11 Å². The molecule has 0 fully saturated rings. The molecule has 3 heteroatoms. The number of rotatable bonds is 4. The number of hydrogen-bond donors (Lipinski definition) is 1. The van der Waals surface area contributed by atoms with Crippen molar-refractivity contribution in [3.05, 3.63) is 0 Å². The van der Waals surface area contributed by atoms with E-state index in [-0.39, 0.29) is 23.9 Å². The van der Waals surface area contributed by atoms with Gasteiger partial charge in [0, 0.05) is 17.8 Å². The van der Waals surface area contributed by atoms with Gasteiger partial charge in [-0.1, -0.05) is 34.6 Å².